The number of carbonyl (C=O) groups excluding carboxylic acids is 1. The fourth-order valence-electron chi connectivity index (χ4n) is 2.15. The Bertz CT molecular complexity index is 913. The molecule has 0 fully saturated rings. The fraction of sp³-hybridized carbons (Fsp3) is 0.167. The molecular formula is C18H18F2N2O4S. The third kappa shape index (κ3) is 7.45. The summed E-state index contributed by atoms with van der Waals surface area (Å²) < 4.78 is 53.8. The SMILES string of the molecule is CS(=O)(=O)Nc1ccc(/C=C/C(=O)NCc2ccccc2OC(F)F)cc1. The minimum atomic E-state index is -3.35. The van der Waals surface area contributed by atoms with Crippen molar-refractivity contribution in [2.45, 2.75) is 13.2 Å². The largest absolute Gasteiger partial charge is 0.434 e. The van der Waals surface area contributed by atoms with Crippen LogP contribution in [-0.4, -0.2) is 27.2 Å². The number of rotatable bonds is 8. The van der Waals surface area contributed by atoms with Crippen molar-refractivity contribution in [1.82, 2.24) is 5.32 Å². The van der Waals surface area contributed by atoms with Gasteiger partial charge in [-0.1, -0.05) is 30.3 Å². The molecule has 0 aliphatic carbocycles. The number of carbonyl (C=O) groups is 1. The van der Waals surface area contributed by atoms with Crippen LogP contribution in [0.15, 0.2) is 54.6 Å². The summed E-state index contributed by atoms with van der Waals surface area (Å²) >= 11 is 0. The predicted octanol–water partition coefficient (Wildman–Crippen LogP) is 2.99. The lowest BCUT2D eigenvalue weighted by molar-refractivity contribution is -0.116. The summed E-state index contributed by atoms with van der Waals surface area (Å²) in [5, 5.41) is 2.58. The molecule has 2 rings (SSSR count). The van der Waals surface area contributed by atoms with Gasteiger partial charge in [-0.2, -0.15) is 8.78 Å². The number of ether oxygens (including phenoxy) is 1. The number of para-hydroxylation sites is 1. The summed E-state index contributed by atoms with van der Waals surface area (Å²) in [6.07, 6.45) is 3.88. The first-order valence-corrected chi connectivity index (χ1v) is 9.68. The van der Waals surface area contributed by atoms with Crippen molar-refractivity contribution in [3.63, 3.8) is 0 Å². The summed E-state index contributed by atoms with van der Waals surface area (Å²) in [6.45, 7) is -2.91. The summed E-state index contributed by atoms with van der Waals surface area (Å²) in [5.41, 5.74) is 1.52. The Hall–Kier alpha value is -2.94. The van der Waals surface area contributed by atoms with Gasteiger partial charge in [-0.15, -0.1) is 0 Å². The van der Waals surface area contributed by atoms with Crippen molar-refractivity contribution in [3.05, 3.63) is 65.7 Å². The average Bonchev–Trinajstić information content (AvgIpc) is 2.58. The number of halogens is 2. The van der Waals surface area contributed by atoms with Crippen LogP contribution in [0, 0.1) is 0 Å². The van der Waals surface area contributed by atoms with Gasteiger partial charge in [0.1, 0.15) is 5.75 Å². The van der Waals surface area contributed by atoms with Crippen LogP contribution in [-0.2, 0) is 21.4 Å². The second-order valence-corrected chi connectivity index (χ2v) is 7.28. The Morgan fingerprint density at radius 1 is 1.15 bits per heavy atom. The molecule has 0 unspecified atom stereocenters. The van der Waals surface area contributed by atoms with Gasteiger partial charge >= 0.3 is 6.61 Å². The topological polar surface area (TPSA) is 84.5 Å². The van der Waals surface area contributed by atoms with Crippen molar-refractivity contribution in [1.29, 1.82) is 0 Å². The van der Waals surface area contributed by atoms with Gasteiger partial charge < -0.3 is 10.1 Å². The van der Waals surface area contributed by atoms with E-state index < -0.39 is 22.5 Å². The smallest absolute Gasteiger partial charge is 0.387 e. The standard InChI is InChI=1S/C18H18F2N2O4S/c1-27(24,25)22-15-9-6-13(7-10-15)8-11-17(23)21-12-14-4-2-3-5-16(14)26-18(19)20/h2-11,18,22H,12H2,1H3,(H,21,23)/b11-8+. The molecule has 9 heteroatoms. The second-order valence-electron chi connectivity index (χ2n) is 5.53. The van der Waals surface area contributed by atoms with Crippen LogP contribution < -0.4 is 14.8 Å². The van der Waals surface area contributed by atoms with Crippen LogP contribution in [0.4, 0.5) is 14.5 Å². The van der Waals surface area contributed by atoms with Gasteiger partial charge in [-0.25, -0.2) is 8.42 Å². The van der Waals surface area contributed by atoms with E-state index in [2.05, 4.69) is 14.8 Å². The minimum absolute atomic E-state index is 0.00532. The molecule has 2 aromatic rings. The normalized spacial score (nSPS) is 11.6. The van der Waals surface area contributed by atoms with Gasteiger partial charge in [0.15, 0.2) is 0 Å². The molecule has 144 valence electrons. The first kappa shape index (κ1) is 20.4. The predicted molar refractivity (Wildman–Crippen MR) is 98.9 cm³/mol. The molecule has 2 aromatic carbocycles. The number of nitrogens with one attached hydrogen (secondary N) is 2. The Morgan fingerprint density at radius 2 is 1.81 bits per heavy atom. The Morgan fingerprint density at radius 3 is 2.44 bits per heavy atom. The molecule has 6 nitrogen and oxygen atoms in total. The monoisotopic (exact) mass is 396 g/mol. The molecule has 0 aromatic heterocycles. The van der Waals surface area contributed by atoms with E-state index in [9.17, 15) is 22.0 Å². The third-order valence-corrected chi connectivity index (χ3v) is 3.89. The first-order chi connectivity index (χ1) is 12.7. The lowest BCUT2D eigenvalue weighted by Gasteiger charge is -2.10. The van der Waals surface area contributed by atoms with E-state index in [4.69, 9.17) is 0 Å². The summed E-state index contributed by atoms with van der Waals surface area (Å²) in [4.78, 5) is 11.9. The van der Waals surface area contributed by atoms with Crippen molar-refractivity contribution >= 4 is 27.7 Å². The molecule has 0 spiro atoms. The molecule has 0 heterocycles. The van der Waals surface area contributed by atoms with Crippen molar-refractivity contribution in [3.8, 4) is 5.75 Å². The number of amides is 1. The zero-order valence-corrected chi connectivity index (χ0v) is 15.2. The van der Waals surface area contributed by atoms with E-state index >= 15 is 0 Å². The average molecular weight is 396 g/mol. The van der Waals surface area contributed by atoms with Crippen LogP contribution in [0.1, 0.15) is 11.1 Å². The van der Waals surface area contributed by atoms with Gasteiger partial charge in [0.25, 0.3) is 0 Å². The van der Waals surface area contributed by atoms with E-state index in [1.54, 1.807) is 48.5 Å². The molecule has 0 bridgehead atoms. The Kier molecular flexibility index (Phi) is 6.89. The number of hydrogen-bond donors (Lipinski definition) is 2. The molecule has 0 atom stereocenters. The molecule has 0 saturated carbocycles. The highest BCUT2D eigenvalue weighted by molar-refractivity contribution is 7.92. The lowest BCUT2D eigenvalue weighted by Crippen LogP contribution is -2.21. The number of alkyl halides is 2. The van der Waals surface area contributed by atoms with E-state index in [1.807, 2.05) is 0 Å². The number of anilines is 1. The minimum Gasteiger partial charge on any atom is -0.434 e. The van der Waals surface area contributed by atoms with E-state index in [0.29, 0.717) is 16.8 Å². The molecule has 0 radical (unpaired) electrons. The summed E-state index contributed by atoms with van der Waals surface area (Å²) in [6, 6.07) is 12.6. The van der Waals surface area contributed by atoms with E-state index in [1.165, 1.54) is 12.1 Å². The molecule has 1 amide bonds. The van der Waals surface area contributed by atoms with Crippen LogP contribution in [0.2, 0.25) is 0 Å². The quantitative estimate of drug-likeness (QED) is 0.672. The lowest BCUT2D eigenvalue weighted by atomic mass is 10.2. The zero-order valence-electron chi connectivity index (χ0n) is 14.4. The van der Waals surface area contributed by atoms with Gasteiger partial charge in [-0.05, 0) is 29.8 Å². The summed E-state index contributed by atoms with van der Waals surface area (Å²) in [7, 11) is -3.35. The maximum Gasteiger partial charge on any atom is 0.387 e. The highest BCUT2D eigenvalue weighted by Gasteiger charge is 2.09. The van der Waals surface area contributed by atoms with E-state index in [0.717, 1.165) is 6.26 Å². The van der Waals surface area contributed by atoms with Crippen LogP contribution >= 0.6 is 0 Å². The maximum absolute atomic E-state index is 12.4. The van der Waals surface area contributed by atoms with Gasteiger partial charge in [-0.3, -0.25) is 9.52 Å². The number of hydrogen-bond acceptors (Lipinski definition) is 4. The number of sulfonamides is 1. The second kappa shape index (κ2) is 9.13. The maximum atomic E-state index is 12.4. The molecule has 27 heavy (non-hydrogen) atoms. The molecular weight excluding hydrogens is 378 g/mol. The highest BCUT2D eigenvalue weighted by atomic mass is 32.2. The Balaban J connectivity index is 1.92. The van der Waals surface area contributed by atoms with Crippen molar-refractivity contribution in [2.75, 3.05) is 11.0 Å². The third-order valence-electron chi connectivity index (χ3n) is 3.28. The Labute approximate surface area is 155 Å². The van der Waals surface area contributed by atoms with Crippen molar-refractivity contribution < 1.29 is 26.7 Å². The van der Waals surface area contributed by atoms with Gasteiger partial charge in [0.05, 0.1) is 6.26 Å². The van der Waals surface area contributed by atoms with Gasteiger partial charge in [0.2, 0.25) is 15.9 Å². The highest BCUT2D eigenvalue weighted by Crippen LogP contribution is 2.20. The molecule has 0 aliphatic rings. The first-order valence-electron chi connectivity index (χ1n) is 7.79. The fourth-order valence-corrected chi connectivity index (χ4v) is 2.71. The van der Waals surface area contributed by atoms with E-state index in [-0.39, 0.29) is 12.3 Å². The molecule has 0 aliphatic heterocycles. The van der Waals surface area contributed by atoms with Crippen LogP contribution in [0.3, 0.4) is 0 Å². The van der Waals surface area contributed by atoms with Crippen LogP contribution in [0.25, 0.3) is 6.08 Å². The molecule has 2 N–H and O–H groups in total. The number of benzene rings is 2. The summed E-state index contributed by atoms with van der Waals surface area (Å²) in [5.74, 6) is -0.411. The van der Waals surface area contributed by atoms with Gasteiger partial charge in [0, 0.05) is 23.9 Å². The van der Waals surface area contributed by atoms with Crippen LogP contribution in [0.5, 0.6) is 5.75 Å². The van der Waals surface area contributed by atoms with Crippen molar-refractivity contribution in [2.24, 2.45) is 0 Å². The molecule has 0 saturated heterocycles. The zero-order chi connectivity index (χ0) is 19.9.